The van der Waals surface area contributed by atoms with Crippen LogP contribution in [0.3, 0.4) is 0 Å². The van der Waals surface area contributed by atoms with Gasteiger partial charge < -0.3 is 14.8 Å². The summed E-state index contributed by atoms with van der Waals surface area (Å²) >= 11 is 0. The van der Waals surface area contributed by atoms with Gasteiger partial charge in [-0.15, -0.1) is 5.41 Å². The van der Waals surface area contributed by atoms with Crippen LogP contribution in [0.5, 0.6) is 0 Å². The summed E-state index contributed by atoms with van der Waals surface area (Å²) in [5.74, 6) is -0.585. The van der Waals surface area contributed by atoms with E-state index in [1.165, 1.54) is 13.8 Å². The molecule has 1 fully saturated rings. The first-order valence-electron chi connectivity index (χ1n) is 8.43. The molecule has 1 atom stereocenters. The molecule has 1 saturated heterocycles. The van der Waals surface area contributed by atoms with Gasteiger partial charge in [0.15, 0.2) is 12.1 Å². The number of hydrogen-bond acceptors (Lipinski definition) is 5. The van der Waals surface area contributed by atoms with Gasteiger partial charge in [0.2, 0.25) is 5.60 Å². The summed E-state index contributed by atoms with van der Waals surface area (Å²) in [4.78, 5) is 36.4. The minimum atomic E-state index is -1.45. The first-order chi connectivity index (χ1) is 10.8. The van der Waals surface area contributed by atoms with Crippen LogP contribution >= 0.6 is 0 Å². The molecule has 0 aromatic carbocycles. The van der Waals surface area contributed by atoms with Crippen LogP contribution in [0.15, 0.2) is 0 Å². The Kier molecular flexibility index (Phi) is 8.62. The zero-order valence-corrected chi connectivity index (χ0v) is 17.9. The van der Waals surface area contributed by atoms with Crippen molar-refractivity contribution in [2.24, 2.45) is 11.3 Å². The largest absolute Gasteiger partial charge is 1.00 e. The predicted molar refractivity (Wildman–Crippen MR) is 89.8 cm³/mol. The SMILES string of the molecule is CC(C)C[C-](C(=O)OC(C)(C)C(=O)OC1CCNC1=O)C(C)(C)C.[Ru+]. The topological polar surface area (TPSA) is 81.7 Å². The summed E-state index contributed by atoms with van der Waals surface area (Å²) < 4.78 is 10.7. The normalized spacial score (nSPS) is 17.6. The van der Waals surface area contributed by atoms with Crippen LogP contribution < -0.4 is 5.32 Å². The molecule has 0 bridgehead atoms. The maximum absolute atomic E-state index is 12.6. The molecule has 145 valence electrons. The van der Waals surface area contributed by atoms with Crippen molar-refractivity contribution in [2.45, 2.75) is 73.0 Å². The number of carbonyl (C=O) groups is 3. The van der Waals surface area contributed by atoms with Crippen LogP contribution in [0.1, 0.15) is 61.3 Å². The first-order valence-corrected chi connectivity index (χ1v) is 8.43. The summed E-state index contributed by atoms with van der Waals surface area (Å²) in [6.45, 7) is 13.3. The molecule has 6 nitrogen and oxygen atoms in total. The van der Waals surface area contributed by atoms with Gasteiger partial charge in [0.1, 0.15) is 0 Å². The van der Waals surface area contributed by atoms with E-state index in [0.29, 0.717) is 31.2 Å². The van der Waals surface area contributed by atoms with Gasteiger partial charge in [0, 0.05) is 13.0 Å². The number of nitrogens with one attached hydrogen (secondary N) is 1. The Morgan fingerprint density at radius 2 is 1.80 bits per heavy atom. The van der Waals surface area contributed by atoms with E-state index < -0.39 is 23.6 Å². The third-order valence-electron chi connectivity index (χ3n) is 3.85. The zero-order chi connectivity index (χ0) is 18.7. The fourth-order valence-corrected chi connectivity index (χ4v) is 2.39. The van der Waals surface area contributed by atoms with E-state index in [1.807, 2.05) is 34.6 Å². The number of ether oxygens (including phenoxy) is 2. The molecular weight excluding hydrogens is 411 g/mol. The van der Waals surface area contributed by atoms with E-state index in [0.717, 1.165) is 0 Å². The van der Waals surface area contributed by atoms with Gasteiger partial charge in [-0.05, 0) is 13.8 Å². The second-order valence-electron chi connectivity index (χ2n) is 8.20. The second kappa shape index (κ2) is 9.02. The Morgan fingerprint density at radius 1 is 1.24 bits per heavy atom. The molecule has 0 saturated carbocycles. The van der Waals surface area contributed by atoms with Crippen molar-refractivity contribution in [1.82, 2.24) is 5.32 Å². The molecule has 1 rings (SSSR count). The molecule has 1 aliphatic heterocycles. The second-order valence-corrected chi connectivity index (χ2v) is 8.20. The van der Waals surface area contributed by atoms with Crippen molar-refractivity contribution in [1.29, 1.82) is 0 Å². The van der Waals surface area contributed by atoms with E-state index in [2.05, 4.69) is 5.32 Å². The first kappa shape index (κ1) is 23.9. The number of amides is 1. The van der Waals surface area contributed by atoms with Crippen LogP contribution in [0.2, 0.25) is 0 Å². The number of esters is 2. The molecule has 0 aromatic heterocycles. The van der Waals surface area contributed by atoms with Gasteiger partial charge in [-0.3, -0.25) is 15.5 Å². The Bertz CT molecular complexity index is 496. The molecule has 7 heteroatoms. The molecule has 0 aromatic rings. The molecule has 1 radical (unpaired) electrons. The average molecular weight is 442 g/mol. The van der Waals surface area contributed by atoms with E-state index >= 15 is 0 Å². The summed E-state index contributed by atoms with van der Waals surface area (Å²) in [5.41, 5.74) is -1.81. The minimum absolute atomic E-state index is 0. The van der Waals surface area contributed by atoms with E-state index in [4.69, 9.17) is 9.47 Å². The van der Waals surface area contributed by atoms with Crippen LogP contribution in [-0.2, 0) is 43.3 Å². The Morgan fingerprint density at radius 3 is 2.20 bits per heavy atom. The van der Waals surface area contributed by atoms with Crippen molar-refractivity contribution in [2.75, 3.05) is 6.54 Å². The molecule has 1 heterocycles. The number of hydrogen-bond donors (Lipinski definition) is 1. The smallest absolute Gasteiger partial charge is 0.470 e. The van der Waals surface area contributed by atoms with Gasteiger partial charge in [0.05, 0.1) is 0 Å². The zero-order valence-electron chi connectivity index (χ0n) is 16.2. The van der Waals surface area contributed by atoms with Gasteiger partial charge in [-0.2, -0.15) is 6.42 Å². The summed E-state index contributed by atoms with van der Waals surface area (Å²) in [7, 11) is 0. The number of carbonyl (C=O) groups excluding carboxylic acids is 3. The van der Waals surface area contributed by atoms with E-state index in [-0.39, 0.29) is 30.8 Å². The van der Waals surface area contributed by atoms with Crippen molar-refractivity contribution >= 4 is 17.8 Å². The van der Waals surface area contributed by atoms with Crippen LogP contribution in [0.4, 0.5) is 0 Å². The fourth-order valence-electron chi connectivity index (χ4n) is 2.39. The van der Waals surface area contributed by atoms with Crippen molar-refractivity contribution in [3.8, 4) is 0 Å². The van der Waals surface area contributed by atoms with Crippen LogP contribution in [0, 0.1) is 17.3 Å². The summed E-state index contributed by atoms with van der Waals surface area (Å²) in [6.07, 6.45) is 0.219. The van der Waals surface area contributed by atoms with Gasteiger partial charge in [0.25, 0.3) is 5.91 Å². The quantitative estimate of drug-likeness (QED) is 0.389. The van der Waals surface area contributed by atoms with Gasteiger partial charge in [-0.1, -0.05) is 40.5 Å². The number of rotatable bonds is 6. The van der Waals surface area contributed by atoms with Crippen LogP contribution in [0.25, 0.3) is 0 Å². The summed E-state index contributed by atoms with van der Waals surface area (Å²) in [6, 6.07) is 0. The Balaban J connectivity index is 0.00000576. The van der Waals surface area contributed by atoms with E-state index in [9.17, 15) is 14.4 Å². The standard InChI is InChI=1S/C18H30NO5.Ru/c1-11(2)10-12(17(3,4)5)15(21)24-18(6,7)16(22)23-13-8-9-19-14(13)20;/h11,13H,8-10H2,1-7H3,(H,19,20);/q-1;+1. The molecule has 0 spiro atoms. The molecule has 25 heavy (non-hydrogen) atoms. The Labute approximate surface area is 163 Å². The molecule has 1 N–H and O–H groups in total. The molecular formula is C18H30NO5Ru. The van der Waals surface area contributed by atoms with Gasteiger partial charge in [-0.25, -0.2) is 4.79 Å². The van der Waals surface area contributed by atoms with E-state index in [1.54, 1.807) is 0 Å². The maximum Gasteiger partial charge on any atom is 1.00 e. The van der Waals surface area contributed by atoms with Crippen molar-refractivity contribution in [3.05, 3.63) is 5.92 Å². The fraction of sp³-hybridized carbons (Fsp3) is 0.778. The third-order valence-corrected chi connectivity index (χ3v) is 3.85. The Hall–Kier alpha value is -1.10. The predicted octanol–water partition coefficient (Wildman–Crippen LogP) is 2.40. The molecule has 1 amide bonds. The average Bonchev–Trinajstić information content (AvgIpc) is 2.79. The monoisotopic (exact) mass is 442 g/mol. The van der Waals surface area contributed by atoms with Gasteiger partial charge >= 0.3 is 25.4 Å². The molecule has 1 aliphatic rings. The third kappa shape index (κ3) is 6.97. The molecule has 0 aliphatic carbocycles. The molecule has 1 unspecified atom stereocenters. The maximum atomic E-state index is 12.6. The summed E-state index contributed by atoms with van der Waals surface area (Å²) in [5, 5.41) is 2.60. The van der Waals surface area contributed by atoms with Crippen molar-refractivity contribution < 1.29 is 43.3 Å². The minimum Gasteiger partial charge on any atom is -0.470 e. The van der Waals surface area contributed by atoms with Crippen molar-refractivity contribution in [3.63, 3.8) is 0 Å². The van der Waals surface area contributed by atoms with Crippen LogP contribution in [-0.4, -0.2) is 36.1 Å².